The molecule has 3 aromatic rings. The molecule has 0 bridgehead atoms. The highest BCUT2D eigenvalue weighted by Crippen LogP contribution is 2.31. The van der Waals surface area contributed by atoms with Gasteiger partial charge in [0.1, 0.15) is 0 Å². The third kappa shape index (κ3) is 3.71. The number of hydrogen-bond acceptors (Lipinski definition) is 6. The van der Waals surface area contributed by atoms with E-state index in [-0.39, 0.29) is 0 Å². The first-order valence-electron chi connectivity index (χ1n) is 9.75. The lowest BCUT2D eigenvalue weighted by atomic mass is 10.2. The summed E-state index contributed by atoms with van der Waals surface area (Å²) in [6, 6.07) is 12.9. The molecule has 1 aliphatic heterocycles. The second kappa shape index (κ2) is 7.12. The van der Waals surface area contributed by atoms with Crippen molar-refractivity contribution in [1.82, 2.24) is 19.9 Å². The van der Waals surface area contributed by atoms with Crippen LogP contribution in [0.2, 0.25) is 0 Å². The first kappa shape index (κ1) is 16.4. The average molecular weight is 360 g/mol. The normalized spacial score (nSPS) is 18.0. The molecule has 2 aliphatic rings. The molecule has 5 rings (SSSR count). The number of anilines is 2. The van der Waals surface area contributed by atoms with Gasteiger partial charge in [-0.1, -0.05) is 12.1 Å². The Hall–Kier alpha value is -2.73. The van der Waals surface area contributed by atoms with Gasteiger partial charge in [0.15, 0.2) is 11.6 Å². The minimum absolute atomic E-state index is 0.562. The van der Waals surface area contributed by atoms with Crippen LogP contribution in [0.4, 0.5) is 11.6 Å². The number of pyridine rings is 1. The summed E-state index contributed by atoms with van der Waals surface area (Å²) >= 11 is 0. The van der Waals surface area contributed by atoms with Gasteiger partial charge in [-0.05, 0) is 42.7 Å². The number of nitrogens with one attached hydrogen (secondary N) is 1. The van der Waals surface area contributed by atoms with Crippen LogP contribution in [0, 0.1) is 0 Å². The summed E-state index contributed by atoms with van der Waals surface area (Å²) in [6.45, 7) is 4.97. The maximum atomic E-state index is 4.96. The third-order valence-electron chi connectivity index (χ3n) is 5.30. The Labute approximate surface area is 159 Å². The number of rotatable bonds is 5. The van der Waals surface area contributed by atoms with Gasteiger partial charge in [0, 0.05) is 51.2 Å². The maximum Gasteiger partial charge on any atom is 0.172 e. The van der Waals surface area contributed by atoms with Gasteiger partial charge in [-0.3, -0.25) is 9.88 Å². The van der Waals surface area contributed by atoms with Gasteiger partial charge in [0.05, 0.1) is 11.0 Å². The molecular formula is C21H24N6. The predicted molar refractivity (Wildman–Crippen MR) is 108 cm³/mol. The molecule has 6 nitrogen and oxygen atoms in total. The number of benzene rings is 1. The molecule has 1 N–H and O–H groups in total. The lowest BCUT2D eigenvalue weighted by Gasteiger charge is -2.36. The van der Waals surface area contributed by atoms with E-state index in [1.54, 1.807) is 0 Å². The summed E-state index contributed by atoms with van der Waals surface area (Å²) in [5, 5.41) is 3.59. The van der Waals surface area contributed by atoms with Crippen molar-refractivity contribution in [2.75, 3.05) is 36.4 Å². The van der Waals surface area contributed by atoms with E-state index in [9.17, 15) is 0 Å². The van der Waals surface area contributed by atoms with Gasteiger partial charge in [-0.15, -0.1) is 0 Å². The number of piperazine rings is 1. The van der Waals surface area contributed by atoms with E-state index in [4.69, 9.17) is 9.97 Å². The summed E-state index contributed by atoms with van der Waals surface area (Å²) in [7, 11) is 0. The third-order valence-corrected chi connectivity index (χ3v) is 5.30. The predicted octanol–water partition coefficient (Wildman–Crippen LogP) is 2.92. The molecule has 3 heterocycles. The first-order chi connectivity index (χ1) is 13.3. The summed E-state index contributed by atoms with van der Waals surface area (Å²) in [5.74, 6) is 1.95. The summed E-state index contributed by atoms with van der Waals surface area (Å²) in [4.78, 5) is 18.8. The zero-order valence-corrected chi connectivity index (χ0v) is 15.4. The van der Waals surface area contributed by atoms with Gasteiger partial charge in [0.25, 0.3) is 0 Å². The molecule has 0 radical (unpaired) electrons. The van der Waals surface area contributed by atoms with Crippen LogP contribution in [0.15, 0.2) is 48.8 Å². The van der Waals surface area contributed by atoms with E-state index in [1.807, 2.05) is 36.7 Å². The van der Waals surface area contributed by atoms with Crippen LogP contribution in [0.3, 0.4) is 0 Å². The number of hydrogen-bond donors (Lipinski definition) is 1. The topological polar surface area (TPSA) is 57.2 Å². The van der Waals surface area contributed by atoms with Crippen LogP contribution in [-0.4, -0.2) is 52.1 Å². The van der Waals surface area contributed by atoms with Gasteiger partial charge >= 0.3 is 0 Å². The highest BCUT2D eigenvalue weighted by Gasteiger charge is 2.26. The van der Waals surface area contributed by atoms with Crippen LogP contribution in [-0.2, 0) is 6.54 Å². The zero-order valence-electron chi connectivity index (χ0n) is 15.4. The second-order valence-corrected chi connectivity index (χ2v) is 7.42. The van der Waals surface area contributed by atoms with Crippen molar-refractivity contribution in [2.45, 2.75) is 25.4 Å². The van der Waals surface area contributed by atoms with Crippen molar-refractivity contribution in [3.05, 3.63) is 54.4 Å². The summed E-state index contributed by atoms with van der Waals surface area (Å²) in [6.07, 6.45) is 6.19. The summed E-state index contributed by atoms with van der Waals surface area (Å²) in [5.41, 5.74) is 3.24. The molecule has 1 saturated heterocycles. The highest BCUT2D eigenvalue weighted by molar-refractivity contribution is 5.80. The second-order valence-electron chi connectivity index (χ2n) is 7.42. The number of nitrogens with zero attached hydrogens (tertiary/aromatic N) is 5. The van der Waals surface area contributed by atoms with Crippen molar-refractivity contribution < 1.29 is 0 Å². The minimum Gasteiger partial charge on any atom is -0.364 e. The first-order valence-corrected chi connectivity index (χ1v) is 9.75. The van der Waals surface area contributed by atoms with Gasteiger partial charge in [-0.2, -0.15) is 0 Å². The molecule has 6 heteroatoms. The molecule has 0 atom stereocenters. The fraction of sp³-hybridized carbons (Fsp3) is 0.381. The van der Waals surface area contributed by atoms with E-state index < -0.39 is 0 Å². The van der Waals surface area contributed by atoms with Crippen molar-refractivity contribution in [1.29, 1.82) is 0 Å². The minimum atomic E-state index is 0.562. The fourth-order valence-corrected chi connectivity index (χ4v) is 3.59. The molecule has 0 amide bonds. The van der Waals surface area contributed by atoms with E-state index in [0.29, 0.717) is 6.04 Å². The Kier molecular flexibility index (Phi) is 4.33. The van der Waals surface area contributed by atoms with Crippen molar-refractivity contribution >= 4 is 22.7 Å². The monoisotopic (exact) mass is 360 g/mol. The molecule has 27 heavy (non-hydrogen) atoms. The maximum absolute atomic E-state index is 4.96. The van der Waals surface area contributed by atoms with Crippen LogP contribution in [0.5, 0.6) is 0 Å². The van der Waals surface area contributed by atoms with E-state index in [0.717, 1.165) is 55.4 Å². The lowest BCUT2D eigenvalue weighted by molar-refractivity contribution is 0.249. The Morgan fingerprint density at radius 1 is 0.889 bits per heavy atom. The van der Waals surface area contributed by atoms with Gasteiger partial charge in [-0.25, -0.2) is 9.97 Å². The Morgan fingerprint density at radius 3 is 2.30 bits per heavy atom. The average Bonchev–Trinajstić information content (AvgIpc) is 3.53. The van der Waals surface area contributed by atoms with E-state index >= 15 is 0 Å². The number of fused-ring (bicyclic) bond motifs is 1. The number of aromatic nitrogens is 3. The quantitative estimate of drug-likeness (QED) is 0.755. The molecule has 138 valence electrons. The molecule has 0 unspecified atom stereocenters. The van der Waals surface area contributed by atoms with E-state index in [2.05, 4.69) is 32.2 Å². The molecule has 1 aromatic carbocycles. The fourth-order valence-electron chi connectivity index (χ4n) is 3.59. The van der Waals surface area contributed by atoms with Crippen LogP contribution in [0.1, 0.15) is 18.4 Å². The van der Waals surface area contributed by atoms with E-state index in [1.165, 1.54) is 18.4 Å². The summed E-state index contributed by atoms with van der Waals surface area (Å²) < 4.78 is 0. The zero-order chi connectivity index (χ0) is 18.1. The largest absolute Gasteiger partial charge is 0.364 e. The van der Waals surface area contributed by atoms with Gasteiger partial charge < -0.3 is 10.2 Å². The molecule has 2 fully saturated rings. The van der Waals surface area contributed by atoms with Crippen LogP contribution in [0.25, 0.3) is 11.0 Å². The Balaban J connectivity index is 1.34. The Bertz CT molecular complexity index is 916. The number of para-hydroxylation sites is 2. The smallest absolute Gasteiger partial charge is 0.172 e. The van der Waals surface area contributed by atoms with Crippen LogP contribution >= 0.6 is 0 Å². The molecule has 0 spiro atoms. The van der Waals surface area contributed by atoms with Gasteiger partial charge in [0.2, 0.25) is 0 Å². The highest BCUT2D eigenvalue weighted by atomic mass is 15.3. The van der Waals surface area contributed by atoms with Crippen molar-refractivity contribution in [3.63, 3.8) is 0 Å². The lowest BCUT2D eigenvalue weighted by Crippen LogP contribution is -2.46. The Morgan fingerprint density at radius 2 is 1.59 bits per heavy atom. The molecular weight excluding hydrogens is 336 g/mol. The van der Waals surface area contributed by atoms with Crippen molar-refractivity contribution in [3.8, 4) is 0 Å². The standard InChI is InChI=1S/C21H24N6/c1-2-4-19-18(3-1)24-20(23-17-5-6-17)21(25-19)27-13-11-26(12-14-27)15-16-7-9-22-10-8-16/h1-4,7-10,17H,5-6,11-15H2,(H,23,24). The SMILES string of the molecule is c1ccc2nc(N3CCN(Cc4ccncc4)CC3)c(NC3CC3)nc2c1. The van der Waals surface area contributed by atoms with Crippen molar-refractivity contribution in [2.24, 2.45) is 0 Å². The molecule has 1 saturated carbocycles. The molecule has 2 aromatic heterocycles. The van der Waals surface area contributed by atoms with Crippen LogP contribution < -0.4 is 10.2 Å². The molecule has 1 aliphatic carbocycles.